The molecule has 3 heteroatoms. The van der Waals surface area contributed by atoms with Crippen LogP contribution in [0.1, 0.15) is 63.2 Å². The topological polar surface area (TPSA) is 0 Å². The van der Waals surface area contributed by atoms with Crippen molar-refractivity contribution in [2.24, 2.45) is 0 Å². The van der Waals surface area contributed by atoms with Crippen LogP contribution in [0, 0.1) is 0 Å². The van der Waals surface area contributed by atoms with Gasteiger partial charge in [0.15, 0.2) is 0 Å². The number of thiophene rings is 3. The van der Waals surface area contributed by atoms with Gasteiger partial charge < -0.3 is 0 Å². The molecule has 0 amide bonds. The number of rotatable bonds is 9. The van der Waals surface area contributed by atoms with Crippen LogP contribution in [0.4, 0.5) is 0 Å². The minimum absolute atomic E-state index is 1.29. The zero-order chi connectivity index (χ0) is 14.5. The Balaban J connectivity index is 1.42. The van der Waals surface area contributed by atoms with Crippen LogP contribution in [0.15, 0.2) is 17.5 Å². The first-order valence-corrected chi connectivity index (χ1v) is 10.8. The molecule has 0 aliphatic rings. The highest BCUT2D eigenvalue weighted by Crippen LogP contribution is 2.42. The summed E-state index contributed by atoms with van der Waals surface area (Å²) in [6, 6.07) is 4.70. The second-order valence-electron chi connectivity index (χ2n) is 5.85. The number of fused-ring (bicyclic) bond motifs is 3. The van der Waals surface area contributed by atoms with Crippen LogP contribution >= 0.6 is 34.0 Å². The second kappa shape index (κ2) is 7.75. The first kappa shape index (κ1) is 15.5. The molecular weight excluding hydrogens is 312 g/mol. The van der Waals surface area contributed by atoms with E-state index in [0.717, 1.165) is 0 Å². The molecule has 0 radical (unpaired) electrons. The summed E-state index contributed by atoms with van der Waals surface area (Å²) in [7, 11) is 0. The zero-order valence-corrected chi connectivity index (χ0v) is 15.3. The van der Waals surface area contributed by atoms with E-state index in [1.807, 2.05) is 34.0 Å². The SMILES string of the molecule is CCCCCCCCCCc1cc2sc3ccsc3c2s1. The van der Waals surface area contributed by atoms with E-state index >= 15 is 0 Å². The van der Waals surface area contributed by atoms with Crippen molar-refractivity contribution < 1.29 is 0 Å². The molecule has 3 rings (SSSR count). The summed E-state index contributed by atoms with van der Waals surface area (Å²) in [5, 5.41) is 2.22. The van der Waals surface area contributed by atoms with Gasteiger partial charge in [-0.2, -0.15) is 0 Å². The lowest BCUT2D eigenvalue weighted by Crippen LogP contribution is -1.83. The maximum absolute atomic E-state index is 2.44. The summed E-state index contributed by atoms with van der Waals surface area (Å²) in [4.78, 5) is 1.59. The number of hydrogen-bond acceptors (Lipinski definition) is 3. The smallest absolute Gasteiger partial charge is 0.0632 e. The van der Waals surface area contributed by atoms with Crippen LogP contribution in [0.2, 0.25) is 0 Å². The van der Waals surface area contributed by atoms with Gasteiger partial charge in [-0.15, -0.1) is 34.0 Å². The van der Waals surface area contributed by atoms with E-state index in [-0.39, 0.29) is 0 Å². The van der Waals surface area contributed by atoms with Gasteiger partial charge in [-0.05, 0) is 30.4 Å². The molecule has 0 aliphatic carbocycles. The number of aryl methyl sites for hydroxylation is 1. The molecule has 21 heavy (non-hydrogen) atoms. The van der Waals surface area contributed by atoms with E-state index < -0.39 is 0 Å². The van der Waals surface area contributed by atoms with Crippen LogP contribution in [-0.2, 0) is 6.42 Å². The van der Waals surface area contributed by atoms with Gasteiger partial charge in [0.25, 0.3) is 0 Å². The Morgan fingerprint density at radius 2 is 1.57 bits per heavy atom. The van der Waals surface area contributed by atoms with Gasteiger partial charge in [0.1, 0.15) is 0 Å². The maximum atomic E-state index is 2.44. The number of unbranched alkanes of at least 4 members (excludes halogenated alkanes) is 7. The lowest BCUT2D eigenvalue weighted by molar-refractivity contribution is 0.576. The van der Waals surface area contributed by atoms with Crippen molar-refractivity contribution >= 4 is 52.8 Å². The fraction of sp³-hybridized carbons (Fsp3) is 0.556. The van der Waals surface area contributed by atoms with E-state index in [1.165, 1.54) is 71.9 Å². The van der Waals surface area contributed by atoms with Gasteiger partial charge in [0.05, 0.1) is 9.40 Å². The third-order valence-electron chi connectivity index (χ3n) is 4.08. The van der Waals surface area contributed by atoms with Crippen LogP contribution in [0.25, 0.3) is 18.8 Å². The van der Waals surface area contributed by atoms with Gasteiger partial charge in [-0.1, -0.05) is 51.9 Å². The predicted molar refractivity (Wildman–Crippen MR) is 101 cm³/mol. The van der Waals surface area contributed by atoms with Gasteiger partial charge >= 0.3 is 0 Å². The molecule has 0 saturated carbocycles. The zero-order valence-electron chi connectivity index (χ0n) is 12.8. The van der Waals surface area contributed by atoms with Gasteiger partial charge in [0.2, 0.25) is 0 Å². The Kier molecular flexibility index (Phi) is 5.73. The molecule has 3 aromatic rings. The third kappa shape index (κ3) is 3.88. The Morgan fingerprint density at radius 1 is 0.810 bits per heavy atom. The summed E-state index contributed by atoms with van der Waals surface area (Å²) in [5.41, 5.74) is 0. The van der Waals surface area contributed by atoms with Crippen LogP contribution in [0.3, 0.4) is 0 Å². The molecule has 0 unspecified atom stereocenters. The van der Waals surface area contributed by atoms with E-state index in [1.54, 1.807) is 9.58 Å². The highest BCUT2D eigenvalue weighted by Gasteiger charge is 2.10. The van der Waals surface area contributed by atoms with E-state index in [0.29, 0.717) is 0 Å². The lowest BCUT2D eigenvalue weighted by atomic mass is 10.1. The van der Waals surface area contributed by atoms with E-state index in [9.17, 15) is 0 Å². The summed E-state index contributed by atoms with van der Waals surface area (Å²) >= 11 is 5.90. The van der Waals surface area contributed by atoms with Crippen molar-refractivity contribution in [3.63, 3.8) is 0 Å². The van der Waals surface area contributed by atoms with Gasteiger partial charge in [-0.25, -0.2) is 0 Å². The molecule has 0 nitrogen and oxygen atoms in total. The van der Waals surface area contributed by atoms with Gasteiger partial charge in [-0.3, -0.25) is 0 Å². The Hall–Kier alpha value is -0.380. The molecule has 0 saturated heterocycles. The van der Waals surface area contributed by atoms with Crippen molar-refractivity contribution in [1.82, 2.24) is 0 Å². The minimum Gasteiger partial charge on any atom is -0.141 e. The average Bonchev–Trinajstić information content (AvgIpc) is 3.13. The first-order chi connectivity index (χ1) is 10.4. The molecule has 114 valence electrons. The lowest BCUT2D eigenvalue weighted by Gasteiger charge is -2.00. The maximum Gasteiger partial charge on any atom is 0.0632 e. The Morgan fingerprint density at radius 3 is 2.38 bits per heavy atom. The first-order valence-electron chi connectivity index (χ1n) is 8.27. The van der Waals surface area contributed by atoms with Crippen LogP contribution in [-0.4, -0.2) is 0 Å². The fourth-order valence-corrected chi connectivity index (χ4v) is 6.71. The normalized spacial score (nSPS) is 11.9. The van der Waals surface area contributed by atoms with Crippen molar-refractivity contribution in [1.29, 1.82) is 0 Å². The summed E-state index contributed by atoms with van der Waals surface area (Å²) < 4.78 is 6.04. The molecule has 0 aromatic carbocycles. The van der Waals surface area contributed by atoms with Gasteiger partial charge in [0, 0.05) is 14.3 Å². The fourth-order valence-electron chi connectivity index (χ4n) is 2.87. The monoisotopic (exact) mass is 336 g/mol. The molecule has 0 bridgehead atoms. The van der Waals surface area contributed by atoms with E-state index in [2.05, 4.69) is 24.4 Å². The largest absolute Gasteiger partial charge is 0.141 e. The second-order valence-corrected chi connectivity index (χ2v) is 8.98. The van der Waals surface area contributed by atoms with Crippen molar-refractivity contribution in [3.8, 4) is 0 Å². The quantitative estimate of drug-likeness (QED) is 0.349. The third-order valence-corrected chi connectivity index (χ3v) is 7.71. The molecule has 0 atom stereocenters. The van der Waals surface area contributed by atoms with Crippen molar-refractivity contribution in [2.75, 3.05) is 0 Å². The summed E-state index contributed by atoms with van der Waals surface area (Å²) in [5.74, 6) is 0. The number of hydrogen-bond donors (Lipinski definition) is 0. The Labute approximate surface area is 139 Å². The molecule has 3 heterocycles. The highest BCUT2D eigenvalue weighted by molar-refractivity contribution is 7.38. The molecule has 0 spiro atoms. The minimum atomic E-state index is 1.29. The predicted octanol–water partition coefficient (Wildman–Crippen LogP) is 7.86. The highest BCUT2D eigenvalue weighted by atomic mass is 32.1. The standard InChI is InChI=1S/C18H24S3/c1-2-3-4-5-6-7-8-9-10-14-13-16-18(20-14)17-15(21-16)11-12-19-17/h11-13H,2-10H2,1H3. The average molecular weight is 337 g/mol. The van der Waals surface area contributed by atoms with Crippen molar-refractivity contribution in [3.05, 3.63) is 22.4 Å². The summed E-state index contributed by atoms with van der Waals surface area (Å²) in [6.45, 7) is 2.29. The molecule has 0 aliphatic heterocycles. The molecule has 0 N–H and O–H groups in total. The van der Waals surface area contributed by atoms with Crippen molar-refractivity contribution in [2.45, 2.75) is 64.7 Å². The molecular formula is C18H24S3. The Bertz CT molecular complexity index is 671. The van der Waals surface area contributed by atoms with Crippen LogP contribution < -0.4 is 0 Å². The molecule has 3 aromatic heterocycles. The van der Waals surface area contributed by atoms with E-state index in [4.69, 9.17) is 0 Å². The molecule has 0 fully saturated rings. The van der Waals surface area contributed by atoms with Crippen LogP contribution in [0.5, 0.6) is 0 Å². The summed E-state index contributed by atoms with van der Waals surface area (Å²) in [6.07, 6.45) is 12.6.